The molecular formula is C54H94NO9P. The van der Waals surface area contributed by atoms with Crippen LogP contribution in [0.25, 0.3) is 0 Å². The molecule has 0 aliphatic carbocycles. The van der Waals surface area contributed by atoms with Crippen molar-refractivity contribution in [3.63, 3.8) is 0 Å². The van der Waals surface area contributed by atoms with Gasteiger partial charge in [0.15, 0.2) is 0 Å². The van der Waals surface area contributed by atoms with Crippen molar-refractivity contribution in [1.82, 2.24) is 0 Å². The topological polar surface area (TPSA) is 155 Å². The highest BCUT2D eigenvalue weighted by Gasteiger charge is 2.27. The van der Waals surface area contributed by atoms with Gasteiger partial charge in [0, 0.05) is 13.0 Å². The van der Waals surface area contributed by atoms with Gasteiger partial charge in [0.1, 0.15) is 12.1 Å². The summed E-state index contributed by atoms with van der Waals surface area (Å²) in [5.41, 5.74) is 5.37. The number of esters is 1. The van der Waals surface area contributed by atoms with Gasteiger partial charge in [-0.2, -0.15) is 0 Å². The first-order chi connectivity index (χ1) is 31.7. The van der Waals surface area contributed by atoms with E-state index in [0.29, 0.717) is 13.0 Å². The smallest absolute Gasteiger partial charge is 0.472 e. The Bertz CT molecular complexity index is 1360. The fraction of sp³-hybridized carbons (Fsp3) is 0.704. The van der Waals surface area contributed by atoms with E-state index in [0.717, 1.165) is 77.0 Å². The summed E-state index contributed by atoms with van der Waals surface area (Å²) in [7, 11) is -4.64. The number of phosphoric acid groups is 1. The van der Waals surface area contributed by atoms with Crippen LogP contribution in [-0.4, -0.2) is 60.5 Å². The van der Waals surface area contributed by atoms with Gasteiger partial charge in [-0.15, -0.1) is 0 Å². The molecule has 0 aromatic rings. The van der Waals surface area contributed by atoms with Crippen molar-refractivity contribution in [3.8, 4) is 0 Å². The van der Waals surface area contributed by atoms with Crippen molar-refractivity contribution in [3.05, 3.63) is 85.1 Å². The van der Waals surface area contributed by atoms with Crippen LogP contribution >= 0.6 is 7.82 Å². The maximum Gasteiger partial charge on any atom is 0.472 e. The van der Waals surface area contributed by atoms with Gasteiger partial charge in [0.05, 0.1) is 19.8 Å². The van der Waals surface area contributed by atoms with Crippen molar-refractivity contribution in [2.75, 3.05) is 26.4 Å². The van der Waals surface area contributed by atoms with Crippen LogP contribution in [0.5, 0.6) is 0 Å². The summed E-state index contributed by atoms with van der Waals surface area (Å²) in [6, 6.07) is -1.48. The fourth-order valence-corrected chi connectivity index (χ4v) is 7.50. The third kappa shape index (κ3) is 48.9. The number of allylic oxidation sites excluding steroid dienone is 14. The molecule has 4 N–H and O–H groups in total. The lowest BCUT2D eigenvalue weighted by Crippen LogP contribution is -2.34. The Hall–Kier alpha value is -2.85. The van der Waals surface area contributed by atoms with Crippen LogP contribution < -0.4 is 5.73 Å². The molecule has 0 aromatic heterocycles. The van der Waals surface area contributed by atoms with Gasteiger partial charge in [-0.1, -0.05) is 195 Å². The normalized spacial score (nSPS) is 14.4. The molecule has 3 atom stereocenters. The number of carbonyl (C=O) groups is 2. The highest BCUT2D eigenvalue weighted by Crippen LogP contribution is 2.43. The van der Waals surface area contributed by atoms with E-state index in [1.165, 1.54) is 103 Å². The minimum absolute atomic E-state index is 0.00188. The number of ether oxygens (including phenoxy) is 2. The van der Waals surface area contributed by atoms with Crippen LogP contribution in [0.2, 0.25) is 0 Å². The second-order valence-corrected chi connectivity index (χ2v) is 18.4. The largest absolute Gasteiger partial charge is 0.480 e. The van der Waals surface area contributed by atoms with Gasteiger partial charge in [-0.25, -0.2) is 4.57 Å². The lowest BCUT2D eigenvalue weighted by molar-refractivity contribution is -0.154. The lowest BCUT2D eigenvalue weighted by atomic mass is 10.0. The molecule has 65 heavy (non-hydrogen) atoms. The summed E-state index contributed by atoms with van der Waals surface area (Å²) in [4.78, 5) is 33.7. The van der Waals surface area contributed by atoms with Gasteiger partial charge in [0.2, 0.25) is 0 Å². The summed E-state index contributed by atoms with van der Waals surface area (Å²) < 4.78 is 33.5. The van der Waals surface area contributed by atoms with Gasteiger partial charge in [0.25, 0.3) is 0 Å². The van der Waals surface area contributed by atoms with Crippen LogP contribution in [0.3, 0.4) is 0 Å². The molecular weight excluding hydrogens is 838 g/mol. The van der Waals surface area contributed by atoms with Gasteiger partial charge in [-0.05, 0) is 89.9 Å². The number of rotatable bonds is 48. The zero-order chi connectivity index (χ0) is 47.6. The van der Waals surface area contributed by atoms with E-state index in [2.05, 4.69) is 98.9 Å². The SMILES string of the molecule is CC/C=C\C/C=C\C/C=C\C/C=C\C/C=C\CCCCCC(=O)OC(COCCCCCCCCCCCCCC/C=C\C/C=C\CCCCCCC)COP(=O)(O)OCC(N)C(=O)O. The maximum absolute atomic E-state index is 12.7. The molecule has 0 heterocycles. The molecule has 0 spiro atoms. The number of hydrogen-bond acceptors (Lipinski definition) is 8. The average Bonchev–Trinajstić information content (AvgIpc) is 3.29. The standard InChI is InChI=1S/C54H94NO9P/c1-3-5-7-9-11-13-15-17-19-21-23-24-25-26-27-29-31-33-35-37-39-41-43-45-47-61-48-51(49-62-65(59,60)63-50-52(55)54(57)58)64-53(56)46-44-42-40-38-36-34-32-30-28-22-20-18-16-14-12-10-8-6-4-2/h6,8,12,14-15,17-18,20-21,23,28,30,34,36,51-52H,3-5,7,9-11,13,16,19,22,24-27,29,31-33,35,37-50,55H2,1-2H3,(H,57,58)(H,59,60)/b8-6-,14-12-,17-15-,20-18-,23-21-,30-28-,36-34-. The molecule has 0 bridgehead atoms. The van der Waals surface area contributed by atoms with Crippen molar-refractivity contribution in [1.29, 1.82) is 0 Å². The summed E-state index contributed by atoms with van der Waals surface area (Å²) in [5, 5.41) is 8.93. The van der Waals surface area contributed by atoms with E-state index in [1.807, 2.05) is 0 Å². The molecule has 374 valence electrons. The Balaban J connectivity index is 4.19. The van der Waals surface area contributed by atoms with E-state index in [9.17, 15) is 19.0 Å². The Morgan fingerprint density at radius 1 is 0.508 bits per heavy atom. The van der Waals surface area contributed by atoms with E-state index in [-0.39, 0.29) is 13.0 Å². The molecule has 0 saturated heterocycles. The number of nitrogens with two attached hydrogens (primary N) is 1. The third-order valence-electron chi connectivity index (χ3n) is 10.7. The fourth-order valence-electron chi connectivity index (χ4n) is 6.72. The van der Waals surface area contributed by atoms with Crippen molar-refractivity contribution in [2.24, 2.45) is 5.73 Å². The molecule has 0 aliphatic rings. The van der Waals surface area contributed by atoms with Gasteiger partial charge < -0.3 is 25.2 Å². The predicted molar refractivity (Wildman–Crippen MR) is 272 cm³/mol. The first-order valence-electron chi connectivity index (χ1n) is 25.6. The average molecular weight is 932 g/mol. The molecule has 3 unspecified atom stereocenters. The van der Waals surface area contributed by atoms with Gasteiger partial charge >= 0.3 is 19.8 Å². The highest BCUT2D eigenvalue weighted by atomic mass is 31.2. The van der Waals surface area contributed by atoms with Crippen molar-refractivity contribution >= 4 is 19.8 Å². The Kier molecular flexibility index (Phi) is 46.9. The molecule has 0 radical (unpaired) electrons. The van der Waals surface area contributed by atoms with Gasteiger partial charge in [-0.3, -0.25) is 18.6 Å². The Labute approximate surface area is 397 Å². The van der Waals surface area contributed by atoms with E-state index >= 15 is 0 Å². The minimum atomic E-state index is -4.64. The number of unbranched alkanes of at least 4 members (excludes halogenated alkanes) is 20. The quantitative estimate of drug-likeness (QED) is 0.0232. The second kappa shape index (κ2) is 49.1. The Morgan fingerprint density at radius 3 is 1.34 bits per heavy atom. The number of aliphatic carboxylic acids is 1. The van der Waals surface area contributed by atoms with Crippen LogP contribution in [-0.2, 0) is 32.7 Å². The van der Waals surface area contributed by atoms with E-state index in [4.69, 9.17) is 29.4 Å². The number of hydrogen-bond donors (Lipinski definition) is 3. The first kappa shape index (κ1) is 62.1. The van der Waals surface area contributed by atoms with Crippen LogP contribution in [0.15, 0.2) is 85.1 Å². The second-order valence-electron chi connectivity index (χ2n) is 16.9. The molecule has 0 fully saturated rings. The monoisotopic (exact) mass is 932 g/mol. The number of carboxylic acids is 1. The van der Waals surface area contributed by atoms with E-state index in [1.54, 1.807) is 0 Å². The summed E-state index contributed by atoms with van der Waals surface area (Å²) >= 11 is 0. The number of carboxylic acid groups (broad SMARTS) is 1. The predicted octanol–water partition coefficient (Wildman–Crippen LogP) is 15.1. The van der Waals surface area contributed by atoms with E-state index < -0.39 is 45.1 Å². The van der Waals surface area contributed by atoms with Crippen LogP contribution in [0, 0.1) is 0 Å². The zero-order valence-corrected chi connectivity index (χ0v) is 42.0. The summed E-state index contributed by atoms with van der Waals surface area (Å²) in [6.07, 6.45) is 63.6. The summed E-state index contributed by atoms with van der Waals surface area (Å²) in [6.45, 7) is 3.72. The lowest BCUT2D eigenvalue weighted by Gasteiger charge is -2.20. The maximum atomic E-state index is 12.7. The van der Waals surface area contributed by atoms with Crippen LogP contribution in [0.1, 0.15) is 206 Å². The van der Waals surface area contributed by atoms with Crippen LogP contribution in [0.4, 0.5) is 0 Å². The van der Waals surface area contributed by atoms with Crippen molar-refractivity contribution < 1.29 is 42.7 Å². The number of phosphoric ester groups is 1. The number of carbonyl (C=O) groups excluding carboxylic acids is 1. The highest BCUT2D eigenvalue weighted by molar-refractivity contribution is 7.47. The summed E-state index contributed by atoms with van der Waals surface area (Å²) in [5.74, 6) is -1.82. The molecule has 0 saturated carbocycles. The molecule has 0 aromatic carbocycles. The first-order valence-corrected chi connectivity index (χ1v) is 27.1. The minimum Gasteiger partial charge on any atom is -0.480 e. The molecule has 0 amide bonds. The van der Waals surface area contributed by atoms with Crippen molar-refractivity contribution in [2.45, 2.75) is 219 Å². The molecule has 10 nitrogen and oxygen atoms in total. The third-order valence-corrected chi connectivity index (χ3v) is 11.6. The molecule has 0 aliphatic heterocycles. The zero-order valence-electron chi connectivity index (χ0n) is 41.1. The molecule has 0 rings (SSSR count). The molecule has 11 heteroatoms. The Morgan fingerprint density at radius 2 is 0.892 bits per heavy atom.